The first-order valence-corrected chi connectivity index (χ1v) is 6.39. The van der Waals surface area contributed by atoms with E-state index in [2.05, 4.69) is 22.2 Å². The Morgan fingerprint density at radius 3 is 2.94 bits per heavy atom. The lowest BCUT2D eigenvalue weighted by Gasteiger charge is -2.19. The Bertz CT molecular complexity index is 299. The van der Waals surface area contributed by atoms with Crippen molar-refractivity contribution in [2.75, 3.05) is 6.54 Å². The molecular weight excluding hydrogens is 198 g/mol. The lowest BCUT2D eigenvalue weighted by Crippen LogP contribution is -2.29. The van der Waals surface area contributed by atoms with Crippen LogP contribution in [0.5, 0.6) is 0 Å². The average molecular weight is 219 g/mol. The van der Waals surface area contributed by atoms with E-state index in [4.69, 9.17) is 0 Å². The molecule has 2 atom stereocenters. The maximum Gasteiger partial charge on any atom is 0.0618 e. The molecule has 1 saturated carbocycles. The highest BCUT2D eigenvalue weighted by atomic mass is 14.9. The molecule has 1 aromatic rings. The summed E-state index contributed by atoms with van der Waals surface area (Å²) < 4.78 is 0. The average Bonchev–Trinajstić information content (AvgIpc) is 2.56. The molecule has 0 spiro atoms. The van der Waals surface area contributed by atoms with Crippen molar-refractivity contribution in [2.24, 2.45) is 0 Å². The van der Waals surface area contributed by atoms with Gasteiger partial charge in [-0.15, -0.1) is 0 Å². The van der Waals surface area contributed by atoms with Crippen molar-refractivity contribution >= 4 is 0 Å². The van der Waals surface area contributed by atoms with Crippen LogP contribution < -0.4 is 5.32 Å². The topological polar surface area (TPSA) is 37.8 Å². The summed E-state index contributed by atoms with van der Waals surface area (Å²) in [6.07, 6.45) is 11.9. The van der Waals surface area contributed by atoms with Crippen molar-refractivity contribution in [3.8, 4) is 0 Å². The molecule has 2 rings (SSSR count). The largest absolute Gasteiger partial charge is 0.314 e. The van der Waals surface area contributed by atoms with Crippen LogP contribution in [0.4, 0.5) is 0 Å². The molecule has 0 aliphatic heterocycles. The van der Waals surface area contributed by atoms with E-state index >= 15 is 0 Å². The first kappa shape index (κ1) is 11.5. The third-order valence-corrected chi connectivity index (χ3v) is 3.42. The first-order chi connectivity index (χ1) is 7.90. The Morgan fingerprint density at radius 1 is 1.31 bits per heavy atom. The third kappa shape index (κ3) is 3.01. The minimum Gasteiger partial charge on any atom is -0.314 e. The van der Waals surface area contributed by atoms with Crippen LogP contribution >= 0.6 is 0 Å². The van der Waals surface area contributed by atoms with Crippen LogP contribution in [0.2, 0.25) is 0 Å². The molecule has 1 N–H and O–H groups in total. The Morgan fingerprint density at radius 2 is 2.19 bits per heavy atom. The highest BCUT2D eigenvalue weighted by Gasteiger charge is 2.21. The molecule has 3 nitrogen and oxygen atoms in total. The smallest absolute Gasteiger partial charge is 0.0618 e. The monoisotopic (exact) mass is 219 g/mol. The van der Waals surface area contributed by atoms with E-state index in [9.17, 15) is 0 Å². The van der Waals surface area contributed by atoms with Gasteiger partial charge in [0.2, 0.25) is 0 Å². The quantitative estimate of drug-likeness (QED) is 0.794. The molecule has 1 heterocycles. The second-order valence-electron chi connectivity index (χ2n) is 4.60. The number of rotatable bonds is 3. The number of hydrogen-bond donors (Lipinski definition) is 1. The maximum absolute atomic E-state index is 4.45. The van der Waals surface area contributed by atoms with Gasteiger partial charge in [-0.3, -0.25) is 9.97 Å². The van der Waals surface area contributed by atoms with E-state index in [0.717, 1.165) is 6.54 Å². The molecule has 16 heavy (non-hydrogen) atoms. The summed E-state index contributed by atoms with van der Waals surface area (Å²) in [6, 6.07) is 0.666. The lowest BCUT2D eigenvalue weighted by molar-refractivity contribution is 0.445. The number of hydrogen-bond acceptors (Lipinski definition) is 3. The summed E-state index contributed by atoms with van der Waals surface area (Å²) >= 11 is 0. The molecule has 1 fully saturated rings. The van der Waals surface area contributed by atoms with Crippen molar-refractivity contribution in [3.63, 3.8) is 0 Å². The summed E-state index contributed by atoms with van der Waals surface area (Å²) in [5, 5.41) is 3.58. The zero-order valence-electron chi connectivity index (χ0n) is 10.0. The van der Waals surface area contributed by atoms with E-state index in [-0.39, 0.29) is 0 Å². The van der Waals surface area contributed by atoms with Gasteiger partial charge < -0.3 is 5.32 Å². The van der Waals surface area contributed by atoms with Crippen molar-refractivity contribution < 1.29 is 0 Å². The molecule has 0 amide bonds. The van der Waals surface area contributed by atoms with Gasteiger partial charge >= 0.3 is 0 Å². The Labute approximate surface area is 97.7 Å². The summed E-state index contributed by atoms with van der Waals surface area (Å²) in [5.41, 5.74) is 1.17. The van der Waals surface area contributed by atoms with Gasteiger partial charge in [0.25, 0.3) is 0 Å². The van der Waals surface area contributed by atoms with Crippen LogP contribution in [-0.4, -0.2) is 22.6 Å². The van der Waals surface area contributed by atoms with Crippen LogP contribution in [0.25, 0.3) is 0 Å². The fourth-order valence-electron chi connectivity index (χ4n) is 2.62. The Hall–Kier alpha value is -0.960. The first-order valence-electron chi connectivity index (χ1n) is 6.39. The number of nitrogens with one attached hydrogen (secondary N) is 1. The molecule has 0 saturated heterocycles. The fourth-order valence-corrected chi connectivity index (χ4v) is 2.62. The van der Waals surface area contributed by atoms with Crippen molar-refractivity contribution in [2.45, 2.75) is 51.0 Å². The van der Waals surface area contributed by atoms with Crippen LogP contribution in [-0.2, 0) is 0 Å². The third-order valence-electron chi connectivity index (χ3n) is 3.42. The van der Waals surface area contributed by atoms with E-state index in [1.54, 1.807) is 6.20 Å². The minimum atomic E-state index is 0.597. The second-order valence-corrected chi connectivity index (χ2v) is 4.60. The van der Waals surface area contributed by atoms with Gasteiger partial charge in [-0.2, -0.15) is 0 Å². The Balaban J connectivity index is 2.03. The van der Waals surface area contributed by atoms with Crippen LogP contribution in [0.1, 0.15) is 50.6 Å². The molecule has 3 heteroatoms. The van der Waals surface area contributed by atoms with Gasteiger partial charge in [0.1, 0.15) is 0 Å². The lowest BCUT2D eigenvalue weighted by atomic mass is 9.95. The molecular formula is C13H21N3. The molecule has 1 aliphatic carbocycles. The van der Waals surface area contributed by atoms with Crippen molar-refractivity contribution in [3.05, 3.63) is 24.3 Å². The van der Waals surface area contributed by atoms with E-state index < -0.39 is 0 Å². The summed E-state index contributed by atoms with van der Waals surface area (Å²) in [6.45, 7) is 3.25. The highest BCUT2D eigenvalue weighted by Crippen LogP contribution is 2.30. The van der Waals surface area contributed by atoms with Gasteiger partial charge in [-0.25, -0.2) is 0 Å². The van der Waals surface area contributed by atoms with Gasteiger partial charge in [-0.1, -0.05) is 19.8 Å². The standard InChI is InChI=1S/C13H21N3/c1-2-15-12-6-4-3-5-11(9-12)13-10-14-7-8-16-13/h7-8,10-12,15H,2-6,9H2,1H3. The van der Waals surface area contributed by atoms with Gasteiger partial charge in [0, 0.05) is 30.6 Å². The Kier molecular flexibility index (Phi) is 4.28. The summed E-state index contributed by atoms with van der Waals surface area (Å²) in [7, 11) is 0. The zero-order chi connectivity index (χ0) is 11.2. The normalized spacial score (nSPS) is 26.3. The minimum absolute atomic E-state index is 0.597. The van der Waals surface area contributed by atoms with Crippen LogP contribution in [0.15, 0.2) is 18.6 Å². The van der Waals surface area contributed by atoms with Crippen molar-refractivity contribution in [1.82, 2.24) is 15.3 Å². The van der Waals surface area contributed by atoms with Crippen molar-refractivity contribution in [1.29, 1.82) is 0 Å². The molecule has 1 aromatic heterocycles. The van der Waals surface area contributed by atoms with Crippen LogP contribution in [0, 0.1) is 0 Å². The molecule has 0 radical (unpaired) electrons. The van der Waals surface area contributed by atoms with Gasteiger partial charge in [0.15, 0.2) is 0 Å². The molecule has 88 valence electrons. The fraction of sp³-hybridized carbons (Fsp3) is 0.692. The maximum atomic E-state index is 4.45. The summed E-state index contributed by atoms with van der Waals surface area (Å²) in [5.74, 6) is 0.597. The molecule has 2 unspecified atom stereocenters. The SMILES string of the molecule is CCNC1CCCCC(c2cnccn2)C1. The number of nitrogens with zero attached hydrogens (tertiary/aromatic N) is 2. The summed E-state index contributed by atoms with van der Waals surface area (Å²) in [4.78, 5) is 8.63. The van der Waals surface area contributed by atoms with Gasteiger partial charge in [0.05, 0.1) is 5.69 Å². The van der Waals surface area contributed by atoms with E-state index in [0.29, 0.717) is 12.0 Å². The van der Waals surface area contributed by atoms with Gasteiger partial charge in [-0.05, 0) is 25.8 Å². The van der Waals surface area contributed by atoms with E-state index in [1.165, 1.54) is 37.8 Å². The zero-order valence-corrected chi connectivity index (χ0v) is 10.0. The predicted octanol–water partition coefficient (Wildman–Crippen LogP) is 2.50. The highest BCUT2D eigenvalue weighted by molar-refractivity contribution is 5.05. The van der Waals surface area contributed by atoms with E-state index in [1.807, 2.05) is 12.4 Å². The predicted molar refractivity (Wildman–Crippen MR) is 65.3 cm³/mol. The number of aromatic nitrogens is 2. The second kappa shape index (κ2) is 5.94. The molecule has 0 bridgehead atoms. The molecule has 1 aliphatic rings. The molecule has 0 aromatic carbocycles. The van der Waals surface area contributed by atoms with Crippen LogP contribution in [0.3, 0.4) is 0 Å².